The lowest BCUT2D eigenvalue weighted by Crippen LogP contribution is -2.52. The number of nitrogens with one attached hydrogen (secondary N) is 2. The topological polar surface area (TPSA) is 87.1 Å². The van der Waals surface area contributed by atoms with Crippen LogP contribution >= 0.6 is 0 Å². The highest BCUT2D eigenvalue weighted by Gasteiger charge is 2.37. The minimum Gasteiger partial charge on any atom is -0.465 e. The van der Waals surface area contributed by atoms with Crippen LogP contribution in [0.15, 0.2) is 16.5 Å². The zero-order chi connectivity index (χ0) is 21.7. The van der Waals surface area contributed by atoms with Crippen molar-refractivity contribution in [1.82, 2.24) is 20.4 Å². The second-order valence-corrected chi connectivity index (χ2v) is 7.48. The van der Waals surface area contributed by atoms with E-state index in [1.165, 1.54) is 4.90 Å². The summed E-state index contributed by atoms with van der Waals surface area (Å²) in [6, 6.07) is 2.14. The average molecular weight is 432 g/mol. The maximum atomic E-state index is 12.7. The number of hydrogen-bond acceptors (Lipinski definition) is 5. The van der Waals surface area contributed by atoms with Crippen LogP contribution in [0.5, 0.6) is 0 Å². The Bertz CT molecular complexity index is 734. The van der Waals surface area contributed by atoms with E-state index in [0.717, 1.165) is 11.5 Å². The Morgan fingerprint density at radius 1 is 1.20 bits per heavy atom. The van der Waals surface area contributed by atoms with Gasteiger partial charge >= 0.3 is 12.2 Å². The molecule has 2 atom stereocenters. The Kier molecular flexibility index (Phi) is 7.24. The number of carbonyl (C=O) groups excluding carboxylic acids is 2. The number of nitrogens with zero attached hydrogens (tertiary/aromatic N) is 2. The van der Waals surface area contributed by atoms with Crippen LogP contribution in [0.1, 0.15) is 30.4 Å². The molecule has 11 heteroatoms. The number of urea groups is 1. The van der Waals surface area contributed by atoms with Crippen LogP contribution in [0.4, 0.5) is 18.0 Å². The van der Waals surface area contributed by atoms with E-state index in [1.807, 2.05) is 24.4 Å². The average Bonchev–Trinajstić information content (AvgIpc) is 3.36. The molecule has 0 aliphatic carbocycles. The van der Waals surface area contributed by atoms with Gasteiger partial charge in [-0.05, 0) is 31.9 Å². The van der Waals surface area contributed by atoms with Crippen LogP contribution in [-0.4, -0.2) is 79.9 Å². The van der Waals surface area contributed by atoms with Gasteiger partial charge in [-0.2, -0.15) is 13.2 Å². The first-order valence-electron chi connectivity index (χ1n) is 10.0. The molecule has 3 amide bonds. The number of halogens is 3. The van der Waals surface area contributed by atoms with E-state index in [4.69, 9.17) is 9.15 Å². The summed E-state index contributed by atoms with van der Waals surface area (Å²) in [5.74, 6) is 0.692. The molecule has 2 saturated heterocycles. The second-order valence-electron chi connectivity index (χ2n) is 7.48. The standard InChI is InChI=1S/C19H27F3N4O4/c1-13-4-5-16(30-13)15(25-7-9-29-10-8-25)11-23-18(28)26-6-2-3-14(26)17(27)24-12-19(20,21)22/h4-5,14-15H,2-3,6-12H2,1H3,(H,23,28)(H,24,27). The Hall–Kier alpha value is -2.27. The molecule has 2 unspecified atom stereocenters. The third-order valence-corrected chi connectivity index (χ3v) is 5.30. The molecule has 2 N–H and O–H groups in total. The summed E-state index contributed by atoms with van der Waals surface area (Å²) >= 11 is 0. The Morgan fingerprint density at radius 2 is 1.93 bits per heavy atom. The number of ether oxygens (including phenoxy) is 1. The Morgan fingerprint density at radius 3 is 2.57 bits per heavy atom. The lowest BCUT2D eigenvalue weighted by Gasteiger charge is -2.34. The molecular formula is C19H27F3N4O4. The van der Waals surface area contributed by atoms with E-state index >= 15 is 0 Å². The van der Waals surface area contributed by atoms with Crippen LogP contribution in [0, 0.1) is 6.92 Å². The Balaban J connectivity index is 1.60. The number of aryl methyl sites for hydroxylation is 1. The van der Waals surface area contributed by atoms with E-state index in [2.05, 4.69) is 10.2 Å². The molecule has 2 aliphatic rings. The van der Waals surface area contributed by atoms with Gasteiger partial charge in [0.25, 0.3) is 0 Å². The fourth-order valence-corrected chi connectivity index (χ4v) is 3.80. The molecule has 168 valence electrons. The van der Waals surface area contributed by atoms with Crippen molar-refractivity contribution in [2.45, 2.75) is 38.0 Å². The predicted molar refractivity (Wildman–Crippen MR) is 101 cm³/mol. The SMILES string of the molecule is Cc1ccc(C(CNC(=O)N2CCCC2C(=O)NCC(F)(F)F)N2CCOCC2)o1. The van der Waals surface area contributed by atoms with Crippen LogP contribution in [-0.2, 0) is 9.53 Å². The summed E-state index contributed by atoms with van der Waals surface area (Å²) in [5, 5.41) is 4.70. The minimum atomic E-state index is -4.49. The summed E-state index contributed by atoms with van der Waals surface area (Å²) in [6.07, 6.45) is -3.60. The molecule has 8 nitrogen and oxygen atoms in total. The summed E-state index contributed by atoms with van der Waals surface area (Å²) in [4.78, 5) is 28.3. The smallest absolute Gasteiger partial charge is 0.405 e. The van der Waals surface area contributed by atoms with Crippen molar-refractivity contribution in [3.05, 3.63) is 23.7 Å². The second kappa shape index (κ2) is 9.69. The van der Waals surface area contributed by atoms with Gasteiger partial charge in [0.2, 0.25) is 5.91 Å². The van der Waals surface area contributed by atoms with Crippen molar-refractivity contribution in [1.29, 1.82) is 0 Å². The number of furan rings is 1. The van der Waals surface area contributed by atoms with Crippen molar-refractivity contribution in [3.8, 4) is 0 Å². The summed E-state index contributed by atoms with van der Waals surface area (Å²) in [7, 11) is 0. The highest BCUT2D eigenvalue weighted by Crippen LogP contribution is 2.24. The molecule has 0 radical (unpaired) electrons. The molecule has 1 aromatic rings. The van der Waals surface area contributed by atoms with Crippen LogP contribution in [0.25, 0.3) is 0 Å². The van der Waals surface area contributed by atoms with Gasteiger partial charge in [-0.3, -0.25) is 9.69 Å². The molecule has 2 fully saturated rings. The van der Waals surface area contributed by atoms with E-state index in [0.29, 0.717) is 45.7 Å². The normalized spacial score (nSPS) is 21.5. The van der Waals surface area contributed by atoms with Crippen molar-refractivity contribution in [3.63, 3.8) is 0 Å². The molecular weight excluding hydrogens is 405 g/mol. The van der Waals surface area contributed by atoms with Gasteiger partial charge in [0, 0.05) is 26.2 Å². The number of rotatable bonds is 6. The number of hydrogen-bond donors (Lipinski definition) is 2. The van der Waals surface area contributed by atoms with E-state index in [-0.39, 0.29) is 12.6 Å². The summed E-state index contributed by atoms with van der Waals surface area (Å²) in [5.41, 5.74) is 0. The van der Waals surface area contributed by atoms with E-state index in [9.17, 15) is 22.8 Å². The lowest BCUT2D eigenvalue weighted by molar-refractivity contribution is -0.140. The number of alkyl halides is 3. The first-order valence-corrected chi connectivity index (χ1v) is 10.0. The molecule has 3 heterocycles. The molecule has 0 bridgehead atoms. The van der Waals surface area contributed by atoms with Gasteiger partial charge in [-0.1, -0.05) is 0 Å². The van der Waals surface area contributed by atoms with Crippen LogP contribution in [0.2, 0.25) is 0 Å². The van der Waals surface area contributed by atoms with E-state index in [1.54, 1.807) is 0 Å². The fraction of sp³-hybridized carbons (Fsp3) is 0.684. The number of amides is 3. The Labute approximate surface area is 172 Å². The van der Waals surface area contributed by atoms with Crippen molar-refractivity contribution in [2.75, 3.05) is 45.9 Å². The summed E-state index contributed by atoms with van der Waals surface area (Å²) in [6.45, 7) is 3.53. The zero-order valence-electron chi connectivity index (χ0n) is 16.8. The van der Waals surface area contributed by atoms with Gasteiger partial charge in [-0.15, -0.1) is 0 Å². The molecule has 2 aliphatic heterocycles. The molecule has 30 heavy (non-hydrogen) atoms. The highest BCUT2D eigenvalue weighted by atomic mass is 19.4. The van der Waals surface area contributed by atoms with Gasteiger partial charge in [0.15, 0.2) is 0 Å². The first-order chi connectivity index (χ1) is 14.2. The van der Waals surface area contributed by atoms with Gasteiger partial charge in [-0.25, -0.2) is 4.79 Å². The third-order valence-electron chi connectivity index (χ3n) is 5.30. The quantitative estimate of drug-likeness (QED) is 0.716. The molecule has 0 aromatic carbocycles. The molecule has 0 spiro atoms. The maximum Gasteiger partial charge on any atom is 0.405 e. The van der Waals surface area contributed by atoms with Crippen molar-refractivity contribution < 1.29 is 31.9 Å². The number of likely N-dealkylation sites (tertiary alicyclic amines) is 1. The first kappa shape index (κ1) is 22.4. The van der Waals surface area contributed by atoms with E-state index < -0.39 is 30.7 Å². The maximum absolute atomic E-state index is 12.7. The lowest BCUT2D eigenvalue weighted by atomic mass is 10.1. The van der Waals surface area contributed by atoms with Crippen molar-refractivity contribution in [2.24, 2.45) is 0 Å². The highest BCUT2D eigenvalue weighted by molar-refractivity contribution is 5.87. The van der Waals surface area contributed by atoms with Gasteiger partial charge in [0.1, 0.15) is 24.1 Å². The zero-order valence-corrected chi connectivity index (χ0v) is 16.8. The monoisotopic (exact) mass is 432 g/mol. The fourth-order valence-electron chi connectivity index (χ4n) is 3.80. The number of carbonyl (C=O) groups is 2. The van der Waals surface area contributed by atoms with Gasteiger partial charge < -0.3 is 24.7 Å². The van der Waals surface area contributed by atoms with Crippen molar-refractivity contribution >= 4 is 11.9 Å². The molecule has 3 rings (SSSR count). The van der Waals surface area contributed by atoms with Crippen LogP contribution < -0.4 is 10.6 Å². The molecule has 0 saturated carbocycles. The van der Waals surface area contributed by atoms with Gasteiger partial charge in [0.05, 0.1) is 19.3 Å². The third kappa shape index (κ3) is 5.88. The summed E-state index contributed by atoms with van der Waals surface area (Å²) < 4.78 is 48.3. The molecule has 1 aromatic heterocycles. The predicted octanol–water partition coefficient (Wildman–Crippen LogP) is 1.81. The number of morpholine rings is 1. The van der Waals surface area contributed by atoms with Crippen LogP contribution in [0.3, 0.4) is 0 Å². The largest absolute Gasteiger partial charge is 0.465 e. The minimum absolute atomic E-state index is 0.202.